The molecule has 0 radical (unpaired) electrons. The van der Waals surface area contributed by atoms with Crippen LogP contribution in [0.5, 0.6) is 0 Å². The van der Waals surface area contributed by atoms with Crippen LogP contribution in [0.15, 0.2) is 41.1 Å². The lowest BCUT2D eigenvalue weighted by Crippen LogP contribution is -2.28. The summed E-state index contributed by atoms with van der Waals surface area (Å²) in [7, 11) is 0. The third kappa shape index (κ3) is 3.75. The van der Waals surface area contributed by atoms with Crippen LogP contribution < -0.4 is 10.6 Å². The lowest BCUT2D eigenvalue weighted by molar-refractivity contribution is 0.252. The molecule has 0 spiro atoms. The molecule has 1 aromatic carbocycles. The van der Waals surface area contributed by atoms with Gasteiger partial charge in [0.2, 0.25) is 5.89 Å². The summed E-state index contributed by atoms with van der Waals surface area (Å²) in [6, 6.07) is 7.08. The van der Waals surface area contributed by atoms with Gasteiger partial charge in [0.25, 0.3) is 0 Å². The first-order valence-corrected chi connectivity index (χ1v) is 7.91. The number of benzene rings is 1. The van der Waals surface area contributed by atoms with Crippen molar-refractivity contribution in [2.45, 2.75) is 20.4 Å². The highest BCUT2D eigenvalue weighted by molar-refractivity contribution is 7.11. The summed E-state index contributed by atoms with van der Waals surface area (Å²) in [5.41, 5.74) is 2.44. The minimum atomic E-state index is -0.264. The third-order valence-corrected chi connectivity index (χ3v) is 4.28. The number of anilines is 1. The van der Waals surface area contributed by atoms with Gasteiger partial charge in [0.1, 0.15) is 6.26 Å². The molecule has 0 fully saturated rings. The van der Waals surface area contributed by atoms with Gasteiger partial charge in [-0.3, -0.25) is 0 Å². The Morgan fingerprint density at radius 3 is 2.91 bits per heavy atom. The number of nitrogens with zero attached hydrogens (tertiary/aromatic N) is 2. The quantitative estimate of drug-likeness (QED) is 0.764. The van der Waals surface area contributed by atoms with E-state index in [1.807, 2.05) is 38.1 Å². The Hall–Kier alpha value is -2.67. The molecule has 7 heteroatoms. The molecule has 0 aliphatic carbocycles. The van der Waals surface area contributed by atoms with E-state index in [1.54, 1.807) is 17.5 Å². The molecule has 0 saturated carbocycles. The first-order chi connectivity index (χ1) is 11.1. The van der Waals surface area contributed by atoms with Gasteiger partial charge in [-0.05, 0) is 32.0 Å². The second-order valence-electron chi connectivity index (χ2n) is 4.97. The number of amides is 2. The molecule has 0 bridgehead atoms. The second kappa shape index (κ2) is 6.62. The highest BCUT2D eigenvalue weighted by Crippen LogP contribution is 2.21. The average molecular weight is 328 g/mol. The zero-order valence-corrected chi connectivity index (χ0v) is 13.6. The van der Waals surface area contributed by atoms with E-state index in [9.17, 15) is 4.79 Å². The van der Waals surface area contributed by atoms with Crippen molar-refractivity contribution in [1.82, 2.24) is 15.3 Å². The molecule has 6 nitrogen and oxygen atoms in total. The van der Waals surface area contributed by atoms with Crippen LogP contribution in [0.25, 0.3) is 11.5 Å². The molecule has 0 aliphatic rings. The molecule has 23 heavy (non-hydrogen) atoms. The molecule has 0 aliphatic heterocycles. The zero-order chi connectivity index (χ0) is 16.2. The van der Waals surface area contributed by atoms with E-state index in [1.165, 1.54) is 6.26 Å². The topological polar surface area (TPSA) is 80.0 Å². The van der Waals surface area contributed by atoms with Crippen molar-refractivity contribution in [3.63, 3.8) is 0 Å². The fourth-order valence-corrected chi connectivity index (χ4v) is 3.05. The van der Waals surface area contributed by atoms with Crippen LogP contribution in [0.2, 0.25) is 0 Å². The van der Waals surface area contributed by atoms with E-state index in [-0.39, 0.29) is 6.03 Å². The molecule has 0 saturated heterocycles. The number of thiazole rings is 1. The van der Waals surface area contributed by atoms with Crippen LogP contribution in [-0.4, -0.2) is 16.0 Å². The summed E-state index contributed by atoms with van der Waals surface area (Å²) in [6.45, 7) is 4.36. The van der Waals surface area contributed by atoms with Crippen LogP contribution >= 0.6 is 11.3 Å². The molecule has 118 valence electrons. The average Bonchev–Trinajstić information content (AvgIpc) is 3.15. The van der Waals surface area contributed by atoms with Gasteiger partial charge in [-0.1, -0.05) is 6.07 Å². The Labute approximate surface area is 137 Å². The largest absolute Gasteiger partial charge is 0.445 e. The maximum absolute atomic E-state index is 12.0. The van der Waals surface area contributed by atoms with Crippen molar-refractivity contribution in [2.75, 3.05) is 5.32 Å². The summed E-state index contributed by atoms with van der Waals surface area (Å²) in [4.78, 5) is 21.5. The summed E-state index contributed by atoms with van der Waals surface area (Å²) in [6.07, 6.45) is 3.10. The minimum absolute atomic E-state index is 0.264. The Kier molecular flexibility index (Phi) is 4.38. The predicted octanol–water partition coefficient (Wildman–Crippen LogP) is 3.74. The SMILES string of the molecule is Cc1nc(C)c(CNC(=O)Nc2cccc(-c3ncco3)c2)s1. The number of rotatable bonds is 4. The lowest BCUT2D eigenvalue weighted by atomic mass is 10.2. The molecule has 3 aromatic rings. The molecular weight excluding hydrogens is 312 g/mol. The van der Waals surface area contributed by atoms with Gasteiger partial charge >= 0.3 is 6.03 Å². The van der Waals surface area contributed by atoms with E-state index in [0.717, 1.165) is 21.1 Å². The summed E-state index contributed by atoms with van der Waals surface area (Å²) in [5.74, 6) is 0.518. The highest BCUT2D eigenvalue weighted by atomic mass is 32.1. The number of carbonyl (C=O) groups is 1. The Morgan fingerprint density at radius 1 is 1.35 bits per heavy atom. The predicted molar refractivity (Wildman–Crippen MR) is 89.4 cm³/mol. The normalized spacial score (nSPS) is 10.5. The first-order valence-electron chi connectivity index (χ1n) is 7.09. The fraction of sp³-hybridized carbons (Fsp3) is 0.188. The van der Waals surface area contributed by atoms with Crippen LogP contribution in [-0.2, 0) is 6.54 Å². The van der Waals surface area contributed by atoms with Crippen molar-refractivity contribution in [1.29, 1.82) is 0 Å². The minimum Gasteiger partial charge on any atom is -0.445 e. The molecule has 0 unspecified atom stereocenters. The van der Waals surface area contributed by atoms with Crippen molar-refractivity contribution in [3.8, 4) is 11.5 Å². The Balaban J connectivity index is 1.62. The van der Waals surface area contributed by atoms with Crippen molar-refractivity contribution in [2.24, 2.45) is 0 Å². The molecule has 2 heterocycles. The summed E-state index contributed by atoms with van der Waals surface area (Å²) >= 11 is 1.59. The Morgan fingerprint density at radius 2 is 2.22 bits per heavy atom. The fourth-order valence-electron chi connectivity index (χ4n) is 2.17. The van der Waals surface area contributed by atoms with Gasteiger partial charge in [0, 0.05) is 16.1 Å². The standard InChI is InChI=1S/C16H16N4O2S/c1-10-14(23-11(2)19-10)9-18-16(21)20-13-5-3-4-12(8-13)15-17-6-7-22-15/h3-8H,9H2,1-2H3,(H2,18,20,21). The van der Waals surface area contributed by atoms with Gasteiger partial charge in [-0.25, -0.2) is 14.8 Å². The number of nitrogens with one attached hydrogen (secondary N) is 2. The number of carbonyl (C=O) groups excluding carboxylic acids is 1. The zero-order valence-electron chi connectivity index (χ0n) is 12.8. The number of hydrogen-bond donors (Lipinski definition) is 2. The lowest BCUT2D eigenvalue weighted by Gasteiger charge is -2.08. The summed E-state index contributed by atoms with van der Waals surface area (Å²) < 4.78 is 5.26. The van der Waals surface area contributed by atoms with Crippen LogP contribution in [0.1, 0.15) is 15.6 Å². The van der Waals surface area contributed by atoms with E-state index in [2.05, 4.69) is 20.6 Å². The monoisotopic (exact) mass is 328 g/mol. The third-order valence-electron chi connectivity index (χ3n) is 3.21. The van der Waals surface area contributed by atoms with E-state index in [0.29, 0.717) is 18.1 Å². The van der Waals surface area contributed by atoms with Crippen LogP contribution in [0, 0.1) is 13.8 Å². The smallest absolute Gasteiger partial charge is 0.319 e. The second-order valence-corrected chi connectivity index (χ2v) is 6.25. The van der Waals surface area contributed by atoms with Crippen LogP contribution in [0.4, 0.5) is 10.5 Å². The van der Waals surface area contributed by atoms with Crippen molar-refractivity contribution < 1.29 is 9.21 Å². The van der Waals surface area contributed by atoms with Gasteiger partial charge in [-0.15, -0.1) is 11.3 Å². The van der Waals surface area contributed by atoms with Crippen molar-refractivity contribution >= 4 is 23.1 Å². The van der Waals surface area contributed by atoms with E-state index in [4.69, 9.17) is 4.42 Å². The maximum Gasteiger partial charge on any atom is 0.319 e. The van der Waals surface area contributed by atoms with E-state index >= 15 is 0 Å². The molecular formula is C16H16N4O2S. The van der Waals surface area contributed by atoms with Gasteiger partial charge in [-0.2, -0.15) is 0 Å². The number of aromatic nitrogens is 2. The number of urea groups is 1. The van der Waals surface area contributed by atoms with E-state index < -0.39 is 0 Å². The Bertz CT molecular complexity index is 811. The first kappa shape index (κ1) is 15.2. The highest BCUT2D eigenvalue weighted by Gasteiger charge is 2.08. The maximum atomic E-state index is 12.0. The molecule has 2 N–H and O–H groups in total. The van der Waals surface area contributed by atoms with Gasteiger partial charge in [0.15, 0.2) is 0 Å². The molecule has 2 aromatic heterocycles. The molecule has 0 atom stereocenters. The van der Waals surface area contributed by atoms with Crippen LogP contribution in [0.3, 0.4) is 0 Å². The molecule has 3 rings (SSSR count). The number of hydrogen-bond acceptors (Lipinski definition) is 5. The number of aryl methyl sites for hydroxylation is 2. The molecule has 2 amide bonds. The number of oxazole rings is 1. The van der Waals surface area contributed by atoms with Gasteiger partial charge < -0.3 is 15.1 Å². The van der Waals surface area contributed by atoms with Gasteiger partial charge in [0.05, 0.1) is 23.4 Å². The summed E-state index contributed by atoms with van der Waals surface area (Å²) in [5, 5.41) is 6.64. The van der Waals surface area contributed by atoms with Crippen molar-refractivity contribution in [3.05, 3.63) is 52.3 Å².